The summed E-state index contributed by atoms with van der Waals surface area (Å²) >= 11 is 0. The zero-order chi connectivity index (χ0) is 14.7. The second-order valence-corrected chi connectivity index (χ2v) is 5.13. The van der Waals surface area contributed by atoms with Crippen molar-refractivity contribution >= 4 is 0 Å². The Labute approximate surface area is 125 Å². The molecule has 0 saturated carbocycles. The molecule has 1 aromatic carbocycles. The number of rotatable bonds is 4. The molecule has 0 saturated heterocycles. The minimum absolute atomic E-state index is 0.0241. The van der Waals surface area contributed by atoms with Crippen molar-refractivity contribution in [1.82, 2.24) is 10.3 Å². The van der Waals surface area contributed by atoms with Crippen molar-refractivity contribution in [3.05, 3.63) is 53.3 Å². The number of aryl methyl sites for hydroxylation is 1. The fourth-order valence-electron chi connectivity index (χ4n) is 2.92. The van der Waals surface area contributed by atoms with Gasteiger partial charge in [0.25, 0.3) is 0 Å². The van der Waals surface area contributed by atoms with Crippen LogP contribution in [0.25, 0.3) is 0 Å². The molecule has 110 valence electrons. The number of nitrogens with zero attached hydrogens (tertiary/aromatic N) is 1. The first kappa shape index (κ1) is 13.9. The molecule has 0 radical (unpaired) electrons. The Balaban J connectivity index is 2.08. The van der Waals surface area contributed by atoms with Gasteiger partial charge in [0.15, 0.2) is 0 Å². The number of para-hydroxylation sites is 1. The Morgan fingerprint density at radius 1 is 1.29 bits per heavy atom. The van der Waals surface area contributed by atoms with Crippen LogP contribution in [0.5, 0.6) is 11.5 Å². The minimum atomic E-state index is 0.0241. The highest BCUT2D eigenvalue weighted by molar-refractivity contribution is 5.49. The second-order valence-electron chi connectivity index (χ2n) is 5.13. The van der Waals surface area contributed by atoms with Crippen LogP contribution in [0.2, 0.25) is 0 Å². The van der Waals surface area contributed by atoms with E-state index in [1.807, 2.05) is 13.1 Å². The summed E-state index contributed by atoms with van der Waals surface area (Å²) in [6.07, 6.45) is 5.70. The van der Waals surface area contributed by atoms with Crippen LogP contribution in [0.3, 0.4) is 0 Å². The second kappa shape index (κ2) is 6.14. The molecule has 1 aliphatic heterocycles. The molecule has 4 heteroatoms. The molecule has 4 nitrogen and oxygen atoms in total. The van der Waals surface area contributed by atoms with Crippen molar-refractivity contribution in [3.8, 4) is 11.5 Å². The fourth-order valence-corrected chi connectivity index (χ4v) is 2.92. The maximum Gasteiger partial charge on any atom is 0.142 e. The van der Waals surface area contributed by atoms with Crippen molar-refractivity contribution in [3.63, 3.8) is 0 Å². The molecule has 0 aliphatic carbocycles. The molecule has 2 heterocycles. The molecule has 1 aromatic heterocycles. The lowest BCUT2D eigenvalue weighted by atomic mass is 9.94. The van der Waals surface area contributed by atoms with Crippen LogP contribution >= 0.6 is 0 Å². The van der Waals surface area contributed by atoms with E-state index in [1.54, 1.807) is 19.5 Å². The number of nitrogens with one attached hydrogen (secondary N) is 1. The summed E-state index contributed by atoms with van der Waals surface area (Å²) in [7, 11) is 3.62. The molecular weight excluding hydrogens is 264 g/mol. The molecule has 21 heavy (non-hydrogen) atoms. The van der Waals surface area contributed by atoms with Gasteiger partial charge in [-0.1, -0.05) is 18.2 Å². The Hall–Kier alpha value is -2.07. The molecular formula is C17H20N2O2. The third-order valence-corrected chi connectivity index (χ3v) is 3.91. The number of aromatic nitrogens is 1. The Morgan fingerprint density at radius 3 is 3.00 bits per heavy atom. The van der Waals surface area contributed by atoms with E-state index in [0.717, 1.165) is 42.1 Å². The summed E-state index contributed by atoms with van der Waals surface area (Å²) < 4.78 is 11.4. The van der Waals surface area contributed by atoms with Crippen molar-refractivity contribution in [1.29, 1.82) is 0 Å². The van der Waals surface area contributed by atoms with Crippen LogP contribution in [-0.4, -0.2) is 25.7 Å². The van der Waals surface area contributed by atoms with E-state index in [4.69, 9.17) is 9.47 Å². The number of hydrogen-bond acceptors (Lipinski definition) is 4. The first-order valence-electron chi connectivity index (χ1n) is 7.25. The van der Waals surface area contributed by atoms with E-state index in [-0.39, 0.29) is 6.04 Å². The van der Waals surface area contributed by atoms with Gasteiger partial charge in [-0.25, -0.2) is 0 Å². The van der Waals surface area contributed by atoms with Gasteiger partial charge in [0.1, 0.15) is 11.5 Å². The SMILES string of the molecule is CNC(c1ccncc1OC)c1cccc2c1OCCC2. The van der Waals surface area contributed by atoms with Crippen LogP contribution in [0.1, 0.15) is 29.2 Å². The predicted molar refractivity (Wildman–Crippen MR) is 81.9 cm³/mol. The van der Waals surface area contributed by atoms with Gasteiger partial charge in [0, 0.05) is 17.3 Å². The monoisotopic (exact) mass is 284 g/mol. The van der Waals surface area contributed by atoms with Gasteiger partial charge in [-0.2, -0.15) is 0 Å². The average Bonchev–Trinajstić information content (AvgIpc) is 2.56. The van der Waals surface area contributed by atoms with Gasteiger partial charge in [0.2, 0.25) is 0 Å². The van der Waals surface area contributed by atoms with Gasteiger partial charge < -0.3 is 14.8 Å². The van der Waals surface area contributed by atoms with Crippen LogP contribution in [0.15, 0.2) is 36.7 Å². The number of pyridine rings is 1. The van der Waals surface area contributed by atoms with Gasteiger partial charge >= 0.3 is 0 Å². The molecule has 3 rings (SSSR count). The highest BCUT2D eigenvalue weighted by Gasteiger charge is 2.23. The highest BCUT2D eigenvalue weighted by Crippen LogP contribution is 2.37. The van der Waals surface area contributed by atoms with E-state index in [2.05, 4.69) is 28.5 Å². The number of ether oxygens (including phenoxy) is 2. The Morgan fingerprint density at radius 2 is 2.19 bits per heavy atom. The quantitative estimate of drug-likeness (QED) is 0.937. The molecule has 0 bridgehead atoms. The normalized spacial score (nSPS) is 15.0. The van der Waals surface area contributed by atoms with E-state index in [1.165, 1.54) is 5.56 Å². The fraction of sp³-hybridized carbons (Fsp3) is 0.353. The van der Waals surface area contributed by atoms with Crippen LogP contribution < -0.4 is 14.8 Å². The highest BCUT2D eigenvalue weighted by atomic mass is 16.5. The summed E-state index contributed by atoms with van der Waals surface area (Å²) in [5.74, 6) is 1.80. The first-order chi connectivity index (χ1) is 10.3. The summed E-state index contributed by atoms with van der Waals surface area (Å²) in [4.78, 5) is 4.13. The average molecular weight is 284 g/mol. The van der Waals surface area contributed by atoms with Crippen molar-refractivity contribution in [2.45, 2.75) is 18.9 Å². The maximum absolute atomic E-state index is 5.94. The Bertz CT molecular complexity index is 628. The van der Waals surface area contributed by atoms with E-state index in [9.17, 15) is 0 Å². The van der Waals surface area contributed by atoms with Crippen molar-refractivity contribution in [2.24, 2.45) is 0 Å². The first-order valence-corrected chi connectivity index (χ1v) is 7.25. The smallest absolute Gasteiger partial charge is 0.142 e. The van der Waals surface area contributed by atoms with Gasteiger partial charge in [0.05, 0.1) is 26.0 Å². The minimum Gasteiger partial charge on any atom is -0.495 e. The molecule has 1 unspecified atom stereocenters. The lowest BCUT2D eigenvalue weighted by Gasteiger charge is -2.26. The zero-order valence-electron chi connectivity index (χ0n) is 12.4. The molecule has 0 fully saturated rings. The van der Waals surface area contributed by atoms with Crippen LogP contribution in [-0.2, 0) is 6.42 Å². The van der Waals surface area contributed by atoms with Gasteiger partial charge in [-0.15, -0.1) is 0 Å². The zero-order valence-corrected chi connectivity index (χ0v) is 12.4. The lowest BCUT2D eigenvalue weighted by Crippen LogP contribution is -2.21. The Kier molecular flexibility index (Phi) is 4.06. The molecule has 0 spiro atoms. The molecule has 1 aliphatic rings. The number of methoxy groups -OCH3 is 1. The number of benzene rings is 1. The van der Waals surface area contributed by atoms with E-state index < -0.39 is 0 Å². The lowest BCUT2D eigenvalue weighted by molar-refractivity contribution is 0.283. The number of fused-ring (bicyclic) bond motifs is 1. The number of hydrogen-bond donors (Lipinski definition) is 1. The standard InChI is InChI=1S/C17H20N2O2/c1-18-16(13-8-9-19-11-15(13)20-2)14-7-3-5-12-6-4-10-21-17(12)14/h3,5,7-9,11,16,18H,4,6,10H2,1-2H3. The molecule has 1 N–H and O–H groups in total. The van der Waals surface area contributed by atoms with E-state index >= 15 is 0 Å². The maximum atomic E-state index is 5.94. The summed E-state index contributed by atoms with van der Waals surface area (Å²) in [5.41, 5.74) is 3.50. The summed E-state index contributed by atoms with van der Waals surface area (Å²) in [5, 5.41) is 3.37. The largest absolute Gasteiger partial charge is 0.495 e. The summed E-state index contributed by atoms with van der Waals surface area (Å²) in [6, 6.07) is 8.37. The van der Waals surface area contributed by atoms with E-state index in [0.29, 0.717) is 0 Å². The van der Waals surface area contributed by atoms with Crippen LogP contribution in [0.4, 0.5) is 0 Å². The molecule has 0 amide bonds. The molecule has 2 aromatic rings. The summed E-state index contributed by atoms with van der Waals surface area (Å²) in [6.45, 7) is 0.786. The van der Waals surface area contributed by atoms with Crippen molar-refractivity contribution in [2.75, 3.05) is 20.8 Å². The topological polar surface area (TPSA) is 43.4 Å². The van der Waals surface area contributed by atoms with Crippen LogP contribution in [0, 0.1) is 0 Å². The van der Waals surface area contributed by atoms with Gasteiger partial charge in [-0.05, 0) is 31.5 Å². The van der Waals surface area contributed by atoms with Crippen molar-refractivity contribution < 1.29 is 9.47 Å². The third-order valence-electron chi connectivity index (χ3n) is 3.91. The third kappa shape index (κ3) is 2.59. The molecule has 1 atom stereocenters. The van der Waals surface area contributed by atoms with Gasteiger partial charge in [-0.3, -0.25) is 4.98 Å². The predicted octanol–water partition coefficient (Wildman–Crippen LogP) is 2.72.